The zero-order valence-corrected chi connectivity index (χ0v) is 8.28. The van der Waals surface area contributed by atoms with E-state index in [9.17, 15) is 0 Å². The Morgan fingerprint density at radius 2 is 2.25 bits per heavy atom. The molecule has 0 fully saturated rings. The van der Waals surface area contributed by atoms with E-state index in [-0.39, 0.29) is 0 Å². The van der Waals surface area contributed by atoms with Crippen LogP contribution in [0.15, 0.2) is 0 Å². The molecular weight excluding hydrogens is 172 g/mol. The Kier molecular flexibility index (Phi) is 3.49. The summed E-state index contributed by atoms with van der Waals surface area (Å²) in [5, 5.41) is 0.762. The molecule has 0 saturated carbocycles. The lowest BCUT2D eigenvalue weighted by Gasteiger charge is -1.98. The molecule has 4 heteroatoms. The van der Waals surface area contributed by atoms with Gasteiger partial charge in [0.25, 0.3) is 5.19 Å². The molecule has 0 amide bonds. The zero-order valence-electron chi connectivity index (χ0n) is 7.46. The minimum absolute atomic E-state index is 0.670. The number of aromatic nitrogens is 1. The third kappa shape index (κ3) is 2.46. The van der Waals surface area contributed by atoms with Crippen LogP contribution in [0.2, 0.25) is 0 Å². The van der Waals surface area contributed by atoms with Gasteiger partial charge >= 0.3 is 0 Å². The second-order valence-corrected chi connectivity index (χ2v) is 3.78. The van der Waals surface area contributed by atoms with Crippen LogP contribution >= 0.6 is 11.3 Å². The fraction of sp³-hybridized carbons (Fsp3) is 0.625. The molecule has 0 aromatic carbocycles. The van der Waals surface area contributed by atoms with Gasteiger partial charge in [0.15, 0.2) is 0 Å². The molecule has 68 valence electrons. The van der Waals surface area contributed by atoms with Crippen molar-refractivity contribution in [3.05, 3.63) is 10.6 Å². The number of aryl methyl sites for hydroxylation is 2. The smallest absolute Gasteiger partial charge is 0.273 e. The molecule has 3 nitrogen and oxygen atoms in total. The Balaban J connectivity index is 2.42. The van der Waals surface area contributed by atoms with Crippen molar-refractivity contribution in [1.29, 1.82) is 0 Å². The van der Waals surface area contributed by atoms with Crippen molar-refractivity contribution in [1.82, 2.24) is 4.98 Å². The molecule has 0 aliphatic heterocycles. The summed E-state index contributed by atoms with van der Waals surface area (Å²) < 4.78 is 5.38. The van der Waals surface area contributed by atoms with Gasteiger partial charge in [-0.2, -0.15) is 0 Å². The van der Waals surface area contributed by atoms with Crippen LogP contribution in [-0.2, 0) is 0 Å². The molecule has 1 aromatic rings. The van der Waals surface area contributed by atoms with Crippen LogP contribution in [0.5, 0.6) is 5.19 Å². The predicted molar refractivity (Wildman–Crippen MR) is 50.8 cm³/mol. The van der Waals surface area contributed by atoms with Crippen LogP contribution in [0.25, 0.3) is 0 Å². The van der Waals surface area contributed by atoms with Crippen molar-refractivity contribution in [2.24, 2.45) is 5.73 Å². The number of ether oxygens (including phenoxy) is 1. The third-order valence-electron chi connectivity index (χ3n) is 1.58. The molecule has 0 spiro atoms. The lowest BCUT2D eigenvalue weighted by atomic mass is 10.4. The Labute approximate surface area is 76.6 Å². The van der Waals surface area contributed by atoms with Crippen molar-refractivity contribution in [3.63, 3.8) is 0 Å². The SMILES string of the molecule is Cc1nc(OCCCN)sc1C. The summed E-state index contributed by atoms with van der Waals surface area (Å²) in [6, 6.07) is 0. The maximum Gasteiger partial charge on any atom is 0.273 e. The van der Waals surface area contributed by atoms with Crippen LogP contribution in [-0.4, -0.2) is 18.1 Å². The third-order valence-corrected chi connectivity index (χ3v) is 2.57. The van der Waals surface area contributed by atoms with Gasteiger partial charge in [0.1, 0.15) is 0 Å². The Hall–Kier alpha value is -0.610. The summed E-state index contributed by atoms with van der Waals surface area (Å²) in [7, 11) is 0. The molecule has 0 aliphatic rings. The largest absolute Gasteiger partial charge is 0.470 e. The lowest BCUT2D eigenvalue weighted by Crippen LogP contribution is -2.05. The molecule has 0 aliphatic carbocycles. The second kappa shape index (κ2) is 4.42. The summed E-state index contributed by atoms with van der Waals surface area (Å²) >= 11 is 1.59. The standard InChI is InChI=1S/C8H14N2OS/c1-6-7(2)12-8(10-6)11-5-3-4-9/h3-5,9H2,1-2H3. The van der Waals surface area contributed by atoms with Crippen molar-refractivity contribution in [2.75, 3.05) is 13.2 Å². The first-order valence-electron chi connectivity index (χ1n) is 4.01. The second-order valence-electron chi connectivity index (χ2n) is 2.61. The molecule has 2 N–H and O–H groups in total. The van der Waals surface area contributed by atoms with Gasteiger partial charge in [-0.3, -0.25) is 0 Å². The van der Waals surface area contributed by atoms with Gasteiger partial charge in [0.05, 0.1) is 12.3 Å². The van der Waals surface area contributed by atoms with Crippen LogP contribution < -0.4 is 10.5 Å². The number of thiazole rings is 1. The first-order chi connectivity index (χ1) is 5.74. The minimum atomic E-state index is 0.670. The highest BCUT2D eigenvalue weighted by Crippen LogP contribution is 2.23. The number of rotatable bonds is 4. The number of nitrogens with zero attached hydrogens (tertiary/aromatic N) is 1. The molecular formula is C8H14N2OS. The summed E-state index contributed by atoms with van der Waals surface area (Å²) in [5.41, 5.74) is 6.39. The summed E-state index contributed by atoms with van der Waals surface area (Å²) in [6.45, 7) is 5.37. The Morgan fingerprint density at radius 1 is 1.50 bits per heavy atom. The topological polar surface area (TPSA) is 48.1 Å². The van der Waals surface area contributed by atoms with E-state index in [0.717, 1.165) is 17.3 Å². The van der Waals surface area contributed by atoms with E-state index in [1.54, 1.807) is 11.3 Å². The quantitative estimate of drug-likeness (QED) is 0.725. The van der Waals surface area contributed by atoms with Gasteiger partial charge < -0.3 is 10.5 Å². The van der Waals surface area contributed by atoms with Crippen LogP contribution in [0, 0.1) is 13.8 Å². The van der Waals surface area contributed by atoms with E-state index >= 15 is 0 Å². The monoisotopic (exact) mass is 186 g/mol. The molecule has 1 rings (SSSR count). The minimum Gasteiger partial charge on any atom is -0.470 e. The van der Waals surface area contributed by atoms with Crippen LogP contribution in [0.1, 0.15) is 17.0 Å². The van der Waals surface area contributed by atoms with Crippen molar-refractivity contribution >= 4 is 11.3 Å². The van der Waals surface area contributed by atoms with Gasteiger partial charge in [-0.1, -0.05) is 11.3 Å². The van der Waals surface area contributed by atoms with Crippen molar-refractivity contribution in [3.8, 4) is 5.19 Å². The van der Waals surface area contributed by atoms with Gasteiger partial charge in [-0.25, -0.2) is 4.98 Å². The van der Waals surface area contributed by atoms with E-state index in [1.807, 2.05) is 13.8 Å². The molecule has 12 heavy (non-hydrogen) atoms. The number of hydrogen-bond acceptors (Lipinski definition) is 4. The normalized spacial score (nSPS) is 10.2. The average Bonchev–Trinajstić information content (AvgIpc) is 2.32. The van der Waals surface area contributed by atoms with Crippen LogP contribution in [0.3, 0.4) is 0 Å². The highest BCUT2D eigenvalue weighted by Gasteiger charge is 2.02. The highest BCUT2D eigenvalue weighted by molar-refractivity contribution is 7.13. The molecule has 0 bridgehead atoms. The number of hydrogen-bond donors (Lipinski definition) is 1. The lowest BCUT2D eigenvalue weighted by molar-refractivity contribution is 0.311. The van der Waals surface area contributed by atoms with Crippen LogP contribution in [0.4, 0.5) is 0 Å². The van der Waals surface area contributed by atoms with E-state index < -0.39 is 0 Å². The predicted octanol–water partition coefficient (Wildman–Crippen LogP) is 1.49. The highest BCUT2D eigenvalue weighted by atomic mass is 32.1. The fourth-order valence-corrected chi connectivity index (χ4v) is 1.53. The molecule has 0 saturated heterocycles. The maximum absolute atomic E-state index is 5.38. The van der Waals surface area contributed by atoms with Gasteiger partial charge in [-0.05, 0) is 26.8 Å². The first kappa shape index (κ1) is 9.48. The number of nitrogens with two attached hydrogens (primary N) is 1. The Morgan fingerprint density at radius 3 is 2.75 bits per heavy atom. The molecule has 0 atom stereocenters. The summed E-state index contributed by atoms with van der Waals surface area (Å²) in [6.07, 6.45) is 0.887. The Bertz CT molecular complexity index is 228. The molecule has 1 heterocycles. The average molecular weight is 186 g/mol. The fourth-order valence-electron chi connectivity index (χ4n) is 0.748. The van der Waals surface area contributed by atoms with E-state index in [1.165, 1.54) is 4.88 Å². The van der Waals surface area contributed by atoms with Gasteiger partial charge in [0, 0.05) is 4.88 Å². The van der Waals surface area contributed by atoms with E-state index in [2.05, 4.69) is 4.98 Å². The first-order valence-corrected chi connectivity index (χ1v) is 4.82. The molecule has 0 radical (unpaired) electrons. The van der Waals surface area contributed by atoms with E-state index in [0.29, 0.717) is 13.2 Å². The van der Waals surface area contributed by atoms with E-state index in [4.69, 9.17) is 10.5 Å². The summed E-state index contributed by atoms with van der Waals surface area (Å²) in [4.78, 5) is 5.46. The van der Waals surface area contributed by atoms with Crippen molar-refractivity contribution < 1.29 is 4.74 Å². The summed E-state index contributed by atoms with van der Waals surface area (Å²) in [5.74, 6) is 0. The van der Waals surface area contributed by atoms with Crippen molar-refractivity contribution in [2.45, 2.75) is 20.3 Å². The zero-order chi connectivity index (χ0) is 8.97. The maximum atomic E-state index is 5.38. The van der Waals surface area contributed by atoms with Gasteiger partial charge in [0.2, 0.25) is 0 Å². The molecule has 1 aromatic heterocycles. The van der Waals surface area contributed by atoms with Gasteiger partial charge in [-0.15, -0.1) is 0 Å². The molecule has 0 unspecified atom stereocenters.